The molecule has 0 bridgehead atoms. The Morgan fingerprint density at radius 3 is 2.53 bits per heavy atom. The quantitative estimate of drug-likeness (QED) is 0.600. The summed E-state index contributed by atoms with van der Waals surface area (Å²) in [5.41, 5.74) is 0.611. The van der Waals surface area contributed by atoms with E-state index >= 15 is 0 Å². The molecule has 0 radical (unpaired) electrons. The highest BCUT2D eigenvalue weighted by Gasteiger charge is 1.99. The minimum atomic E-state index is -0.119. The van der Waals surface area contributed by atoms with Gasteiger partial charge in [0.2, 0.25) is 5.91 Å². The maximum absolute atomic E-state index is 11.5. The predicted molar refractivity (Wildman–Crippen MR) is 58.3 cm³/mol. The first-order chi connectivity index (χ1) is 7.24. The second-order valence-corrected chi connectivity index (χ2v) is 2.98. The molecular formula is C12H13NO2. The molecule has 3 heteroatoms. The van der Waals surface area contributed by atoms with Crippen molar-refractivity contribution in [3.8, 4) is 0 Å². The topological polar surface area (TPSA) is 46.2 Å². The van der Waals surface area contributed by atoms with Gasteiger partial charge in [0.05, 0.1) is 0 Å². The van der Waals surface area contributed by atoms with Gasteiger partial charge in [-0.05, 0) is 0 Å². The zero-order chi connectivity index (χ0) is 11.1. The third-order valence-corrected chi connectivity index (χ3v) is 1.86. The summed E-state index contributed by atoms with van der Waals surface area (Å²) in [6.45, 7) is 1.75. The maximum Gasteiger partial charge on any atom is 0.223 e. The minimum Gasteiger partial charge on any atom is -0.333 e. The molecule has 0 spiro atoms. The van der Waals surface area contributed by atoms with Crippen molar-refractivity contribution in [3.05, 3.63) is 48.2 Å². The van der Waals surface area contributed by atoms with Gasteiger partial charge in [-0.3, -0.25) is 9.59 Å². The molecule has 1 N–H and O–H groups in total. The molecule has 0 aliphatic heterocycles. The Labute approximate surface area is 88.8 Å². The van der Waals surface area contributed by atoms with Gasteiger partial charge in [-0.2, -0.15) is 0 Å². The molecule has 0 saturated heterocycles. The number of carbonyl (C=O) groups is 2. The van der Waals surface area contributed by atoms with Crippen LogP contribution in [0.15, 0.2) is 42.6 Å². The van der Waals surface area contributed by atoms with Crippen molar-refractivity contribution < 1.29 is 9.59 Å². The number of nitrogens with one attached hydrogen (secondary N) is 1. The van der Waals surface area contributed by atoms with Gasteiger partial charge in [-0.25, -0.2) is 0 Å². The second-order valence-electron chi connectivity index (χ2n) is 2.98. The first-order valence-corrected chi connectivity index (χ1v) is 4.79. The molecular weight excluding hydrogens is 190 g/mol. The molecule has 0 fully saturated rings. The molecule has 15 heavy (non-hydrogen) atoms. The van der Waals surface area contributed by atoms with Crippen LogP contribution >= 0.6 is 0 Å². The smallest absolute Gasteiger partial charge is 0.223 e. The molecule has 0 aliphatic rings. The average Bonchev–Trinajstić information content (AvgIpc) is 2.29. The summed E-state index contributed by atoms with van der Waals surface area (Å²) in [4.78, 5) is 22.3. The summed E-state index contributed by atoms with van der Waals surface area (Å²) in [5, 5.41) is 2.49. The number of amides is 1. The fraction of sp³-hybridized carbons (Fsp3) is 0.167. The summed E-state index contributed by atoms with van der Waals surface area (Å²) in [5.74, 6) is -0.223. The molecule has 0 aromatic heterocycles. The molecule has 1 aromatic carbocycles. The lowest BCUT2D eigenvalue weighted by Crippen LogP contribution is -2.15. The van der Waals surface area contributed by atoms with Crippen LogP contribution in [0, 0.1) is 0 Å². The largest absolute Gasteiger partial charge is 0.333 e. The van der Waals surface area contributed by atoms with E-state index in [0.717, 1.165) is 0 Å². The van der Waals surface area contributed by atoms with Gasteiger partial charge in [0.15, 0.2) is 5.78 Å². The molecule has 0 unspecified atom stereocenters. The van der Waals surface area contributed by atoms with E-state index in [2.05, 4.69) is 5.32 Å². The van der Waals surface area contributed by atoms with E-state index in [4.69, 9.17) is 0 Å². The third kappa shape index (κ3) is 3.77. The van der Waals surface area contributed by atoms with Crippen LogP contribution in [0.5, 0.6) is 0 Å². The number of hydrogen-bond acceptors (Lipinski definition) is 2. The van der Waals surface area contributed by atoms with E-state index in [-0.39, 0.29) is 11.7 Å². The van der Waals surface area contributed by atoms with Crippen molar-refractivity contribution in [1.29, 1.82) is 0 Å². The zero-order valence-corrected chi connectivity index (χ0v) is 8.57. The summed E-state index contributed by atoms with van der Waals surface area (Å²) < 4.78 is 0. The van der Waals surface area contributed by atoms with Gasteiger partial charge in [0, 0.05) is 24.3 Å². The Morgan fingerprint density at radius 1 is 1.27 bits per heavy atom. The van der Waals surface area contributed by atoms with Crippen LogP contribution in [0.3, 0.4) is 0 Å². The van der Waals surface area contributed by atoms with Crippen molar-refractivity contribution in [2.45, 2.75) is 13.3 Å². The van der Waals surface area contributed by atoms with Crippen molar-refractivity contribution in [2.24, 2.45) is 0 Å². The van der Waals surface area contributed by atoms with E-state index in [1.165, 1.54) is 12.3 Å². The fourth-order valence-electron chi connectivity index (χ4n) is 1.01. The summed E-state index contributed by atoms with van der Waals surface area (Å²) in [6, 6.07) is 8.90. The Kier molecular flexibility index (Phi) is 4.29. The van der Waals surface area contributed by atoms with E-state index in [1.807, 2.05) is 6.07 Å². The number of allylic oxidation sites excluding steroid dienone is 1. The Bertz CT molecular complexity index is 368. The molecule has 1 aromatic rings. The monoisotopic (exact) mass is 203 g/mol. The lowest BCUT2D eigenvalue weighted by Gasteiger charge is -1.95. The molecule has 0 heterocycles. The molecule has 1 amide bonds. The first kappa shape index (κ1) is 11.2. The molecule has 1 rings (SSSR count). The van der Waals surface area contributed by atoms with Crippen LogP contribution in [0.2, 0.25) is 0 Å². The van der Waals surface area contributed by atoms with Crippen LogP contribution in [-0.2, 0) is 4.79 Å². The van der Waals surface area contributed by atoms with E-state index in [1.54, 1.807) is 31.2 Å². The highest BCUT2D eigenvalue weighted by atomic mass is 16.1. The van der Waals surface area contributed by atoms with Crippen molar-refractivity contribution in [3.63, 3.8) is 0 Å². The Morgan fingerprint density at radius 2 is 1.93 bits per heavy atom. The molecule has 0 saturated carbocycles. The SMILES string of the molecule is CCC(=O)NC=CC(=O)c1ccccc1. The number of carbonyl (C=O) groups excluding carboxylic acids is 2. The summed E-state index contributed by atoms with van der Waals surface area (Å²) >= 11 is 0. The second kappa shape index (κ2) is 5.75. The minimum absolute atomic E-state index is 0.105. The lowest BCUT2D eigenvalue weighted by molar-refractivity contribution is -0.119. The predicted octanol–water partition coefficient (Wildman–Crippen LogP) is 1.91. The van der Waals surface area contributed by atoms with Crippen LogP contribution in [0.4, 0.5) is 0 Å². The average molecular weight is 203 g/mol. The highest BCUT2D eigenvalue weighted by Crippen LogP contribution is 2.00. The first-order valence-electron chi connectivity index (χ1n) is 4.79. The molecule has 0 aliphatic carbocycles. The number of rotatable bonds is 4. The highest BCUT2D eigenvalue weighted by molar-refractivity contribution is 6.04. The summed E-state index contributed by atoms with van der Waals surface area (Å²) in [6.07, 6.45) is 3.13. The maximum atomic E-state index is 11.5. The van der Waals surface area contributed by atoms with Gasteiger partial charge >= 0.3 is 0 Å². The van der Waals surface area contributed by atoms with Crippen molar-refractivity contribution >= 4 is 11.7 Å². The van der Waals surface area contributed by atoms with Gasteiger partial charge < -0.3 is 5.32 Å². The molecule has 0 atom stereocenters. The number of hydrogen-bond donors (Lipinski definition) is 1. The fourth-order valence-corrected chi connectivity index (χ4v) is 1.01. The number of benzene rings is 1. The van der Waals surface area contributed by atoms with Gasteiger partial charge in [-0.1, -0.05) is 37.3 Å². The van der Waals surface area contributed by atoms with Crippen LogP contribution in [0.25, 0.3) is 0 Å². The normalized spacial score (nSPS) is 10.2. The van der Waals surface area contributed by atoms with E-state index in [0.29, 0.717) is 12.0 Å². The van der Waals surface area contributed by atoms with Gasteiger partial charge in [0.1, 0.15) is 0 Å². The Balaban J connectivity index is 2.53. The van der Waals surface area contributed by atoms with Crippen molar-refractivity contribution in [1.82, 2.24) is 5.32 Å². The summed E-state index contributed by atoms with van der Waals surface area (Å²) in [7, 11) is 0. The van der Waals surface area contributed by atoms with Crippen LogP contribution in [-0.4, -0.2) is 11.7 Å². The van der Waals surface area contributed by atoms with Crippen LogP contribution in [0.1, 0.15) is 23.7 Å². The van der Waals surface area contributed by atoms with Crippen molar-refractivity contribution in [2.75, 3.05) is 0 Å². The third-order valence-electron chi connectivity index (χ3n) is 1.86. The van der Waals surface area contributed by atoms with Crippen LogP contribution < -0.4 is 5.32 Å². The van der Waals surface area contributed by atoms with Gasteiger partial charge in [-0.15, -0.1) is 0 Å². The molecule has 78 valence electrons. The Hall–Kier alpha value is -1.90. The number of ketones is 1. The zero-order valence-electron chi connectivity index (χ0n) is 8.57. The molecule has 3 nitrogen and oxygen atoms in total. The van der Waals surface area contributed by atoms with E-state index < -0.39 is 0 Å². The lowest BCUT2D eigenvalue weighted by atomic mass is 10.1. The van der Waals surface area contributed by atoms with E-state index in [9.17, 15) is 9.59 Å². The van der Waals surface area contributed by atoms with Gasteiger partial charge in [0.25, 0.3) is 0 Å². The standard InChI is InChI=1S/C12H13NO2/c1-2-12(15)13-9-8-11(14)10-6-4-3-5-7-10/h3-9H,2H2,1H3,(H,13,15).